The van der Waals surface area contributed by atoms with Gasteiger partial charge in [-0.05, 0) is 30.3 Å². The lowest BCUT2D eigenvalue weighted by Gasteiger charge is -2.09. The summed E-state index contributed by atoms with van der Waals surface area (Å²) in [6.07, 6.45) is 0. The van der Waals surface area contributed by atoms with Crippen molar-refractivity contribution in [1.82, 2.24) is 9.55 Å². The average Bonchev–Trinajstić information content (AvgIpc) is 3.04. The van der Waals surface area contributed by atoms with Crippen LogP contribution in [0.5, 0.6) is 11.6 Å². The first-order chi connectivity index (χ1) is 12.9. The maximum absolute atomic E-state index is 5.92. The smallest absolute Gasteiger partial charge is 0.221 e. The van der Waals surface area contributed by atoms with Gasteiger partial charge in [0.15, 0.2) is 0 Å². The molecule has 0 unspecified atom stereocenters. The topological polar surface area (TPSA) is 27.1 Å². The first-order valence-electron chi connectivity index (χ1n) is 8.59. The Morgan fingerprint density at radius 2 is 1.19 bits per heavy atom. The van der Waals surface area contributed by atoms with E-state index in [2.05, 4.69) is 53.1 Å². The third-order valence-corrected chi connectivity index (χ3v) is 4.48. The summed E-state index contributed by atoms with van der Waals surface area (Å²) in [5.74, 6) is 2.20. The van der Waals surface area contributed by atoms with Gasteiger partial charge < -0.3 is 4.74 Å². The molecule has 0 bridgehead atoms. The quantitative estimate of drug-likeness (QED) is 0.406. The van der Waals surface area contributed by atoms with E-state index in [4.69, 9.17) is 9.72 Å². The molecule has 0 aliphatic heterocycles. The van der Waals surface area contributed by atoms with Gasteiger partial charge in [0.25, 0.3) is 0 Å². The molecule has 2 heterocycles. The predicted molar refractivity (Wildman–Crippen MR) is 105 cm³/mol. The van der Waals surface area contributed by atoms with Gasteiger partial charge in [-0.1, -0.05) is 60.7 Å². The first kappa shape index (κ1) is 14.7. The summed E-state index contributed by atoms with van der Waals surface area (Å²) in [5, 5.41) is 2.44. The largest absolute Gasteiger partial charge is 0.439 e. The molecular weight excluding hydrogens is 320 g/mol. The number of pyridine rings is 1. The normalized spacial score (nSPS) is 11.1. The number of ether oxygens (including phenoxy) is 1. The summed E-state index contributed by atoms with van der Waals surface area (Å²) in [7, 11) is 0. The van der Waals surface area contributed by atoms with Crippen molar-refractivity contribution >= 4 is 21.8 Å². The standard InChI is InChI=1S/C23H16N2O/c1-2-9-17(10-3-1)26-23-16-8-15-22(24-23)25-20-13-6-4-11-18(20)19-12-5-7-14-21(19)25/h1-16H. The SMILES string of the molecule is c1ccc(Oc2cccc(-n3c4ccccc4c4ccccc43)n2)cc1. The van der Waals surface area contributed by atoms with Crippen molar-refractivity contribution in [2.45, 2.75) is 0 Å². The highest BCUT2D eigenvalue weighted by Gasteiger charge is 2.12. The molecule has 5 rings (SSSR count). The Balaban J connectivity index is 1.69. The van der Waals surface area contributed by atoms with Crippen molar-refractivity contribution in [1.29, 1.82) is 0 Å². The number of para-hydroxylation sites is 3. The lowest BCUT2D eigenvalue weighted by molar-refractivity contribution is 0.462. The Hall–Kier alpha value is -3.59. The number of benzene rings is 3. The van der Waals surface area contributed by atoms with E-state index in [9.17, 15) is 0 Å². The molecule has 0 amide bonds. The molecule has 3 aromatic carbocycles. The van der Waals surface area contributed by atoms with Crippen LogP contribution in [0.3, 0.4) is 0 Å². The Labute approximate surface area is 151 Å². The monoisotopic (exact) mass is 336 g/mol. The molecular formula is C23H16N2O. The molecule has 0 saturated carbocycles. The van der Waals surface area contributed by atoms with E-state index >= 15 is 0 Å². The minimum atomic E-state index is 0.579. The zero-order valence-electron chi connectivity index (χ0n) is 14.0. The van der Waals surface area contributed by atoms with Gasteiger partial charge in [-0.15, -0.1) is 0 Å². The zero-order chi connectivity index (χ0) is 17.3. The highest BCUT2D eigenvalue weighted by atomic mass is 16.5. The molecule has 0 atom stereocenters. The van der Waals surface area contributed by atoms with Gasteiger partial charge in [-0.3, -0.25) is 4.57 Å². The van der Waals surface area contributed by atoms with Crippen LogP contribution in [0.2, 0.25) is 0 Å². The van der Waals surface area contributed by atoms with Crippen LogP contribution in [-0.4, -0.2) is 9.55 Å². The highest BCUT2D eigenvalue weighted by Crippen LogP contribution is 2.31. The van der Waals surface area contributed by atoms with Gasteiger partial charge in [0.2, 0.25) is 5.88 Å². The van der Waals surface area contributed by atoms with Crippen molar-refractivity contribution < 1.29 is 4.74 Å². The number of aromatic nitrogens is 2. The average molecular weight is 336 g/mol. The summed E-state index contributed by atoms with van der Waals surface area (Å²) in [6, 6.07) is 32.4. The lowest BCUT2D eigenvalue weighted by atomic mass is 10.2. The third kappa shape index (κ3) is 2.42. The van der Waals surface area contributed by atoms with Crippen LogP contribution < -0.4 is 4.74 Å². The number of hydrogen-bond acceptors (Lipinski definition) is 2. The minimum Gasteiger partial charge on any atom is -0.439 e. The summed E-state index contributed by atoms with van der Waals surface area (Å²) < 4.78 is 8.10. The fraction of sp³-hybridized carbons (Fsp3) is 0. The van der Waals surface area contributed by atoms with Crippen LogP contribution in [0.25, 0.3) is 27.6 Å². The fourth-order valence-electron chi connectivity index (χ4n) is 3.36. The molecule has 0 fully saturated rings. The van der Waals surface area contributed by atoms with E-state index in [1.165, 1.54) is 10.8 Å². The van der Waals surface area contributed by atoms with Gasteiger partial charge in [0.05, 0.1) is 11.0 Å². The Kier molecular flexibility index (Phi) is 3.42. The second-order valence-corrected chi connectivity index (χ2v) is 6.12. The van der Waals surface area contributed by atoms with Crippen molar-refractivity contribution in [3.63, 3.8) is 0 Å². The summed E-state index contributed by atoms with van der Waals surface area (Å²) >= 11 is 0. The molecule has 0 N–H and O–H groups in total. The van der Waals surface area contributed by atoms with E-state index in [1.54, 1.807) is 0 Å². The van der Waals surface area contributed by atoms with E-state index in [-0.39, 0.29) is 0 Å². The van der Waals surface area contributed by atoms with Crippen LogP contribution in [-0.2, 0) is 0 Å². The zero-order valence-corrected chi connectivity index (χ0v) is 14.0. The summed E-state index contributed by atoms with van der Waals surface area (Å²) in [4.78, 5) is 4.75. The molecule has 3 nitrogen and oxygen atoms in total. The van der Waals surface area contributed by atoms with Crippen LogP contribution >= 0.6 is 0 Å². The second-order valence-electron chi connectivity index (χ2n) is 6.12. The molecule has 3 heteroatoms. The molecule has 124 valence electrons. The van der Waals surface area contributed by atoms with Gasteiger partial charge in [0, 0.05) is 16.8 Å². The van der Waals surface area contributed by atoms with Crippen LogP contribution in [0, 0.1) is 0 Å². The van der Waals surface area contributed by atoms with Gasteiger partial charge in [0.1, 0.15) is 11.6 Å². The lowest BCUT2D eigenvalue weighted by Crippen LogP contribution is -1.98. The Bertz CT molecular complexity index is 1160. The summed E-state index contributed by atoms with van der Waals surface area (Å²) in [6.45, 7) is 0. The third-order valence-electron chi connectivity index (χ3n) is 4.48. The van der Waals surface area contributed by atoms with E-state index in [0.29, 0.717) is 5.88 Å². The maximum atomic E-state index is 5.92. The highest BCUT2D eigenvalue weighted by molar-refractivity contribution is 6.09. The van der Waals surface area contributed by atoms with Crippen molar-refractivity contribution in [3.05, 3.63) is 97.1 Å². The molecule has 0 aliphatic carbocycles. The minimum absolute atomic E-state index is 0.579. The molecule has 5 aromatic rings. The number of rotatable bonds is 3. The number of nitrogens with zero attached hydrogens (tertiary/aromatic N) is 2. The maximum Gasteiger partial charge on any atom is 0.221 e. The Morgan fingerprint density at radius 3 is 1.88 bits per heavy atom. The van der Waals surface area contributed by atoms with Crippen LogP contribution in [0.4, 0.5) is 0 Å². The predicted octanol–water partition coefficient (Wildman–Crippen LogP) is 5.97. The van der Waals surface area contributed by atoms with E-state index in [0.717, 1.165) is 22.6 Å². The molecule has 0 spiro atoms. The van der Waals surface area contributed by atoms with Crippen LogP contribution in [0.1, 0.15) is 0 Å². The van der Waals surface area contributed by atoms with E-state index < -0.39 is 0 Å². The van der Waals surface area contributed by atoms with E-state index in [1.807, 2.05) is 48.5 Å². The fourth-order valence-corrected chi connectivity index (χ4v) is 3.36. The second kappa shape index (κ2) is 6.05. The molecule has 0 radical (unpaired) electrons. The molecule has 26 heavy (non-hydrogen) atoms. The number of hydrogen-bond donors (Lipinski definition) is 0. The first-order valence-corrected chi connectivity index (χ1v) is 8.59. The van der Waals surface area contributed by atoms with Gasteiger partial charge in [-0.2, -0.15) is 4.98 Å². The molecule has 0 saturated heterocycles. The summed E-state index contributed by atoms with van der Waals surface area (Å²) in [5.41, 5.74) is 2.27. The van der Waals surface area contributed by atoms with Gasteiger partial charge in [-0.25, -0.2) is 0 Å². The van der Waals surface area contributed by atoms with Crippen LogP contribution in [0.15, 0.2) is 97.1 Å². The van der Waals surface area contributed by atoms with Crippen molar-refractivity contribution in [2.75, 3.05) is 0 Å². The van der Waals surface area contributed by atoms with Crippen molar-refractivity contribution in [2.24, 2.45) is 0 Å². The van der Waals surface area contributed by atoms with Crippen molar-refractivity contribution in [3.8, 4) is 17.4 Å². The Morgan fingerprint density at radius 1 is 0.577 bits per heavy atom. The van der Waals surface area contributed by atoms with Gasteiger partial charge >= 0.3 is 0 Å². The number of fused-ring (bicyclic) bond motifs is 3. The molecule has 2 aromatic heterocycles. The molecule has 0 aliphatic rings.